The van der Waals surface area contributed by atoms with Gasteiger partial charge in [0.15, 0.2) is 5.78 Å². The van der Waals surface area contributed by atoms with Crippen molar-refractivity contribution in [1.29, 1.82) is 0 Å². The second-order valence-electron chi connectivity index (χ2n) is 10.6. The van der Waals surface area contributed by atoms with Gasteiger partial charge in [0.25, 0.3) is 0 Å². The second kappa shape index (κ2) is 11.8. The molecule has 1 saturated carbocycles. The lowest BCUT2D eigenvalue weighted by molar-refractivity contribution is -0.146. The minimum Gasteiger partial charge on any atom is -0.464 e. The lowest BCUT2D eigenvalue weighted by Crippen LogP contribution is -2.54. The number of rotatable bonds is 10. The number of hydrogen-bond acceptors (Lipinski definition) is 8. The summed E-state index contributed by atoms with van der Waals surface area (Å²) >= 11 is 1.60. The van der Waals surface area contributed by atoms with E-state index in [4.69, 9.17) is 4.74 Å². The summed E-state index contributed by atoms with van der Waals surface area (Å²) in [6.07, 6.45) is 10.7. The van der Waals surface area contributed by atoms with Crippen molar-refractivity contribution in [2.45, 2.75) is 70.6 Å². The van der Waals surface area contributed by atoms with Gasteiger partial charge in [-0.25, -0.2) is 9.78 Å². The summed E-state index contributed by atoms with van der Waals surface area (Å²) in [4.78, 5) is 36.0. The predicted octanol–water partition coefficient (Wildman–Crippen LogP) is 6.32. The highest BCUT2D eigenvalue weighted by atomic mass is 32.2. The van der Waals surface area contributed by atoms with Gasteiger partial charge in [0, 0.05) is 47.0 Å². The summed E-state index contributed by atoms with van der Waals surface area (Å²) < 4.78 is 5.47. The molecular weight excluding hydrogens is 508 g/mol. The number of nitrogens with zero attached hydrogens (tertiary/aromatic N) is 2. The van der Waals surface area contributed by atoms with Gasteiger partial charge in [0.1, 0.15) is 11.9 Å². The number of aromatic nitrogens is 2. The van der Waals surface area contributed by atoms with Gasteiger partial charge >= 0.3 is 5.97 Å². The Bertz CT molecular complexity index is 1370. The van der Waals surface area contributed by atoms with Crippen LogP contribution in [0.5, 0.6) is 0 Å². The Morgan fingerprint density at radius 1 is 1.08 bits per heavy atom. The zero-order chi connectivity index (χ0) is 27.4. The number of fused-ring (bicyclic) bond motifs is 1. The predicted molar refractivity (Wildman–Crippen MR) is 157 cm³/mol. The number of allylic oxidation sites excluding steroid dienone is 2. The third-order valence-corrected chi connectivity index (χ3v) is 8.62. The molecule has 2 heterocycles. The van der Waals surface area contributed by atoms with Crippen LogP contribution >= 0.6 is 11.8 Å². The first-order chi connectivity index (χ1) is 18.9. The first-order valence-corrected chi connectivity index (χ1v) is 14.7. The van der Waals surface area contributed by atoms with E-state index in [1.165, 1.54) is 0 Å². The van der Waals surface area contributed by atoms with Crippen LogP contribution in [0.2, 0.25) is 0 Å². The van der Waals surface area contributed by atoms with Crippen molar-refractivity contribution in [1.82, 2.24) is 15.3 Å². The molecule has 0 radical (unpaired) electrons. The van der Waals surface area contributed by atoms with Gasteiger partial charge in [-0.15, -0.1) is 11.8 Å². The molecule has 1 spiro atoms. The Hall–Kier alpha value is -3.39. The summed E-state index contributed by atoms with van der Waals surface area (Å²) in [6, 6.07) is 11.4. The highest BCUT2D eigenvalue weighted by molar-refractivity contribution is 8.04. The lowest BCUT2D eigenvalue weighted by Gasteiger charge is -2.47. The molecule has 0 bridgehead atoms. The molecule has 204 valence electrons. The number of hydrogen-bond donors (Lipinski definition) is 2. The molecule has 8 heteroatoms. The van der Waals surface area contributed by atoms with Gasteiger partial charge in [-0.2, -0.15) is 0 Å². The number of anilines is 2. The van der Waals surface area contributed by atoms with Crippen LogP contribution < -0.4 is 10.6 Å². The fourth-order valence-corrected chi connectivity index (χ4v) is 6.75. The highest BCUT2D eigenvalue weighted by Gasteiger charge is 2.54. The number of ether oxygens (including phenoxy) is 1. The molecule has 3 aromatic rings. The van der Waals surface area contributed by atoms with Gasteiger partial charge in [-0.1, -0.05) is 45.2 Å². The molecule has 2 aromatic heterocycles. The average Bonchev–Trinajstić information content (AvgIpc) is 2.95. The Labute approximate surface area is 234 Å². The van der Waals surface area contributed by atoms with Crippen molar-refractivity contribution in [2.24, 2.45) is 5.41 Å². The number of pyridine rings is 2. The molecule has 0 amide bonds. The molecular formula is C31H36N4O3S. The minimum absolute atomic E-state index is 0.249. The van der Waals surface area contributed by atoms with Gasteiger partial charge in [-0.05, 0) is 55.0 Å². The van der Waals surface area contributed by atoms with E-state index < -0.39 is 11.5 Å². The smallest absolute Gasteiger partial charge is 0.328 e. The normalized spacial score (nSPS) is 17.3. The van der Waals surface area contributed by atoms with Crippen molar-refractivity contribution in [3.8, 4) is 0 Å². The quantitative estimate of drug-likeness (QED) is 0.286. The van der Waals surface area contributed by atoms with E-state index in [1.807, 2.05) is 43.3 Å². The second-order valence-corrected chi connectivity index (χ2v) is 12.2. The summed E-state index contributed by atoms with van der Waals surface area (Å²) in [5.74, 6) is 0.700. The summed E-state index contributed by atoms with van der Waals surface area (Å²) in [7, 11) is 0. The van der Waals surface area contributed by atoms with Crippen LogP contribution in [0.1, 0.15) is 58.4 Å². The molecule has 1 atom stereocenters. The zero-order valence-corrected chi connectivity index (χ0v) is 23.6. The number of nitrogens with one attached hydrogen (secondary N) is 2. The molecule has 0 saturated heterocycles. The summed E-state index contributed by atoms with van der Waals surface area (Å²) in [5.41, 5.74) is 2.39. The zero-order valence-electron chi connectivity index (χ0n) is 22.8. The highest BCUT2D eigenvalue weighted by Crippen LogP contribution is 2.55. The summed E-state index contributed by atoms with van der Waals surface area (Å²) in [5, 5.41) is 9.22. The maximum absolute atomic E-state index is 13.3. The largest absolute Gasteiger partial charge is 0.464 e. The van der Waals surface area contributed by atoms with E-state index in [1.54, 1.807) is 30.4 Å². The van der Waals surface area contributed by atoms with E-state index in [0.717, 1.165) is 70.5 Å². The van der Waals surface area contributed by atoms with Crippen LogP contribution in [0, 0.1) is 5.41 Å². The van der Waals surface area contributed by atoms with Crippen LogP contribution in [-0.2, 0) is 20.7 Å². The average molecular weight is 545 g/mol. The van der Waals surface area contributed by atoms with Gasteiger partial charge in [-0.3, -0.25) is 9.78 Å². The molecule has 2 aliphatic rings. The van der Waals surface area contributed by atoms with Gasteiger partial charge in [0.05, 0.1) is 16.9 Å². The maximum atomic E-state index is 13.3. The first kappa shape index (κ1) is 27.2. The van der Waals surface area contributed by atoms with E-state index in [2.05, 4.69) is 34.4 Å². The Morgan fingerprint density at radius 3 is 2.54 bits per heavy atom. The Kier molecular flexibility index (Phi) is 8.21. The molecule has 2 N–H and O–H groups in total. The van der Waals surface area contributed by atoms with Crippen LogP contribution in [-0.4, -0.2) is 39.6 Å². The number of ketones is 1. The van der Waals surface area contributed by atoms with Crippen LogP contribution in [0.4, 0.5) is 11.5 Å². The van der Waals surface area contributed by atoms with Gasteiger partial charge < -0.3 is 15.4 Å². The van der Waals surface area contributed by atoms with Crippen LogP contribution in [0.25, 0.3) is 10.8 Å². The molecule has 1 aromatic carbocycles. The number of carbonyl (C=O) groups is 2. The standard InChI is InChI=1S/C31H36N4O3S/c1-4-38-30(37)25(35-27-26(39-20(2)3)28(36)31(27)14-6-5-7-15-31)18-21-8-10-23(11-9-21)34-29-24-19-32-16-12-22(24)13-17-33-29/h8-13,16-17,19-20,25,35H,4-7,14-15,18H2,1-3H3,(H,33,34). The SMILES string of the molecule is CCOC(=O)C(Cc1ccc(Nc2nccc3ccncc23)cc1)NC1=C(SC(C)C)C(=O)C12CCCCC2. The Balaban J connectivity index is 1.36. The third kappa shape index (κ3) is 5.66. The number of benzene rings is 1. The van der Waals surface area contributed by atoms with Gasteiger partial charge in [0.2, 0.25) is 0 Å². The molecule has 7 nitrogen and oxygen atoms in total. The van der Waals surface area contributed by atoms with E-state index in [9.17, 15) is 9.59 Å². The van der Waals surface area contributed by atoms with E-state index in [0.29, 0.717) is 13.0 Å². The number of Topliss-reactive ketones (excluding diaryl/α,β-unsaturated/α-hetero) is 1. The van der Waals surface area contributed by atoms with Crippen LogP contribution in [0.3, 0.4) is 0 Å². The van der Waals surface area contributed by atoms with Crippen molar-refractivity contribution < 1.29 is 14.3 Å². The van der Waals surface area contributed by atoms with Crippen LogP contribution in [0.15, 0.2) is 65.6 Å². The third-order valence-electron chi connectivity index (χ3n) is 7.52. The molecule has 2 aliphatic carbocycles. The number of esters is 1. The monoisotopic (exact) mass is 544 g/mol. The van der Waals surface area contributed by atoms with Crippen molar-refractivity contribution in [3.05, 3.63) is 71.2 Å². The van der Waals surface area contributed by atoms with E-state index in [-0.39, 0.29) is 17.0 Å². The van der Waals surface area contributed by atoms with E-state index >= 15 is 0 Å². The molecule has 5 rings (SSSR count). The van der Waals surface area contributed by atoms with Crippen molar-refractivity contribution in [2.75, 3.05) is 11.9 Å². The van der Waals surface area contributed by atoms with Crippen molar-refractivity contribution >= 4 is 45.8 Å². The molecule has 39 heavy (non-hydrogen) atoms. The molecule has 1 unspecified atom stereocenters. The topological polar surface area (TPSA) is 93.2 Å². The maximum Gasteiger partial charge on any atom is 0.328 e. The number of carbonyl (C=O) groups excluding carboxylic acids is 2. The minimum atomic E-state index is -0.570. The molecule has 1 fully saturated rings. The first-order valence-electron chi connectivity index (χ1n) is 13.9. The summed E-state index contributed by atoms with van der Waals surface area (Å²) in [6.45, 7) is 6.32. The Morgan fingerprint density at radius 2 is 1.82 bits per heavy atom. The number of thioether (sulfide) groups is 1. The molecule has 0 aliphatic heterocycles. The fraction of sp³-hybridized carbons (Fsp3) is 0.419. The lowest BCUT2D eigenvalue weighted by atomic mass is 9.62. The fourth-order valence-electron chi connectivity index (χ4n) is 5.60. The van der Waals surface area contributed by atoms with Crippen molar-refractivity contribution in [3.63, 3.8) is 0 Å².